The first-order valence-electron chi connectivity index (χ1n) is 6.02. The van der Waals surface area contributed by atoms with E-state index in [2.05, 4.69) is 5.10 Å². The van der Waals surface area contributed by atoms with E-state index < -0.39 is 5.97 Å². The number of carboxylic acid groups (broad SMARTS) is 1. The maximum atomic E-state index is 11.2. The third kappa shape index (κ3) is 3.15. The molecule has 0 atom stereocenters. The van der Waals surface area contributed by atoms with Gasteiger partial charge in [0.1, 0.15) is 5.56 Å². The summed E-state index contributed by atoms with van der Waals surface area (Å²) in [7, 11) is 0. The van der Waals surface area contributed by atoms with Crippen LogP contribution in [-0.2, 0) is 6.54 Å². The van der Waals surface area contributed by atoms with Crippen LogP contribution in [0, 0.1) is 0 Å². The molecule has 2 rings (SSSR count). The van der Waals surface area contributed by atoms with Crippen molar-refractivity contribution in [3.63, 3.8) is 0 Å². The van der Waals surface area contributed by atoms with E-state index in [1.54, 1.807) is 16.9 Å². The Kier molecular flexibility index (Phi) is 3.90. The highest BCUT2D eigenvalue weighted by Crippen LogP contribution is 2.19. The molecule has 0 bridgehead atoms. The van der Waals surface area contributed by atoms with E-state index >= 15 is 0 Å². The van der Waals surface area contributed by atoms with Crippen molar-refractivity contribution in [2.75, 3.05) is 0 Å². The van der Waals surface area contributed by atoms with Crippen LogP contribution in [0.1, 0.15) is 41.4 Å². The standard InChI is InChI=1S/C14H15ClN2O2/c1-9(2)13-12(14(18)19)8-17(16-13)7-10-4-3-5-11(15)6-10/h3-6,8-9H,7H2,1-2H3,(H,18,19). The molecule has 0 saturated heterocycles. The van der Waals surface area contributed by atoms with Gasteiger partial charge in [0.25, 0.3) is 0 Å². The predicted molar refractivity (Wildman–Crippen MR) is 73.8 cm³/mol. The minimum atomic E-state index is -0.943. The van der Waals surface area contributed by atoms with Gasteiger partial charge >= 0.3 is 5.97 Å². The third-order valence-corrected chi connectivity index (χ3v) is 3.04. The van der Waals surface area contributed by atoms with Gasteiger partial charge in [-0.1, -0.05) is 37.6 Å². The molecule has 4 nitrogen and oxygen atoms in total. The molecule has 1 N–H and O–H groups in total. The maximum Gasteiger partial charge on any atom is 0.339 e. The Morgan fingerprint density at radius 1 is 1.47 bits per heavy atom. The van der Waals surface area contributed by atoms with E-state index in [0.29, 0.717) is 17.3 Å². The Balaban J connectivity index is 2.31. The number of carbonyl (C=O) groups is 1. The molecule has 0 aliphatic carbocycles. The first kappa shape index (κ1) is 13.6. The van der Waals surface area contributed by atoms with Crippen molar-refractivity contribution in [1.82, 2.24) is 9.78 Å². The van der Waals surface area contributed by atoms with Crippen LogP contribution in [0.2, 0.25) is 5.02 Å². The number of nitrogens with zero attached hydrogens (tertiary/aromatic N) is 2. The van der Waals surface area contributed by atoms with Crippen LogP contribution in [0.5, 0.6) is 0 Å². The molecule has 100 valence electrons. The SMILES string of the molecule is CC(C)c1nn(Cc2cccc(Cl)c2)cc1C(=O)O. The summed E-state index contributed by atoms with van der Waals surface area (Å²) in [5.41, 5.74) is 1.86. The van der Waals surface area contributed by atoms with Gasteiger partial charge in [0, 0.05) is 11.2 Å². The Morgan fingerprint density at radius 3 is 2.74 bits per heavy atom. The maximum absolute atomic E-state index is 11.2. The number of benzene rings is 1. The van der Waals surface area contributed by atoms with Crippen molar-refractivity contribution >= 4 is 17.6 Å². The van der Waals surface area contributed by atoms with Crippen molar-refractivity contribution in [2.24, 2.45) is 0 Å². The van der Waals surface area contributed by atoms with Gasteiger partial charge in [-0.25, -0.2) is 4.79 Å². The topological polar surface area (TPSA) is 55.1 Å². The zero-order valence-corrected chi connectivity index (χ0v) is 11.6. The molecule has 19 heavy (non-hydrogen) atoms. The summed E-state index contributed by atoms with van der Waals surface area (Å²) in [4.78, 5) is 11.2. The van der Waals surface area contributed by atoms with Crippen LogP contribution in [-0.4, -0.2) is 20.9 Å². The molecule has 0 aliphatic rings. The van der Waals surface area contributed by atoms with Crippen LogP contribution < -0.4 is 0 Å². The Bertz CT molecular complexity index is 605. The highest BCUT2D eigenvalue weighted by molar-refractivity contribution is 6.30. The number of hydrogen-bond acceptors (Lipinski definition) is 2. The van der Waals surface area contributed by atoms with Gasteiger partial charge in [0.15, 0.2) is 0 Å². The molecule has 0 amide bonds. The number of carboxylic acids is 1. The molecule has 2 aromatic rings. The quantitative estimate of drug-likeness (QED) is 0.932. The van der Waals surface area contributed by atoms with E-state index in [0.717, 1.165) is 5.56 Å². The average Bonchev–Trinajstić information content (AvgIpc) is 2.73. The third-order valence-electron chi connectivity index (χ3n) is 2.80. The minimum absolute atomic E-state index is 0.0757. The molecule has 5 heteroatoms. The average molecular weight is 279 g/mol. The Hall–Kier alpha value is -1.81. The number of halogens is 1. The van der Waals surface area contributed by atoms with Crippen LogP contribution in [0.15, 0.2) is 30.5 Å². The Labute approximate surface area is 116 Å². The van der Waals surface area contributed by atoms with Gasteiger partial charge in [-0.15, -0.1) is 0 Å². The lowest BCUT2D eigenvalue weighted by molar-refractivity contribution is 0.0695. The molecule has 1 heterocycles. The number of rotatable bonds is 4. The molecule has 0 unspecified atom stereocenters. The monoisotopic (exact) mass is 278 g/mol. The molecule has 1 aromatic heterocycles. The minimum Gasteiger partial charge on any atom is -0.478 e. The summed E-state index contributed by atoms with van der Waals surface area (Å²) in [6.07, 6.45) is 1.57. The summed E-state index contributed by atoms with van der Waals surface area (Å²) in [6.45, 7) is 4.37. The van der Waals surface area contributed by atoms with E-state index in [9.17, 15) is 4.79 Å². The number of aromatic nitrogens is 2. The van der Waals surface area contributed by atoms with Gasteiger partial charge in [-0.3, -0.25) is 4.68 Å². The van der Waals surface area contributed by atoms with Gasteiger partial charge < -0.3 is 5.11 Å². The van der Waals surface area contributed by atoms with E-state index in [1.807, 2.05) is 32.0 Å². The van der Waals surface area contributed by atoms with E-state index in [4.69, 9.17) is 16.7 Å². The van der Waals surface area contributed by atoms with Crippen LogP contribution in [0.4, 0.5) is 0 Å². The van der Waals surface area contributed by atoms with Gasteiger partial charge in [-0.05, 0) is 23.6 Å². The zero-order valence-electron chi connectivity index (χ0n) is 10.8. The molecule has 0 fully saturated rings. The predicted octanol–water partition coefficient (Wildman–Crippen LogP) is 3.41. The first-order chi connectivity index (χ1) is 8.97. The fourth-order valence-electron chi connectivity index (χ4n) is 1.93. The fraction of sp³-hybridized carbons (Fsp3) is 0.286. The zero-order chi connectivity index (χ0) is 14.0. The summed E-state index contributed by atoms with van der Waals surface area (Å²) >= 11 is 5.92. The van der Waals surface area contributed by atoms with Crippen molar-refractivity contribution in [3.8, 4) is 0 Å². The summed E-state index contributed by atoms with van der Waals surface area (Å²) in [6, 6.07) is 7.45. The van der Waals surface area contributed by atoms with Gasteiger partial charge in [0.05, 0.1) is 12.2 Å². The van der Waals surface area contributed by atoms with Gasteiger partial charge in [-0.2, -0.15) is 5.10 Å². The second kappa shape index (κ2) is 5.45. The second-order valence-electron chi connectivity index (χ2n) is 4.72. The van der Waals surface area contributed by atoms with Crippen LogP contribution in [0.25, 0.3) is 0 Å². The molecule has 0 aliphatic heterocycles. The molecule has 1 aromatic carbocycles. The number of aromatic carboxylic acids is 1. The number of hydrogen-bond donors (Lipinski definition) is 1. The van der Waals surface area contributed by atoms with Crippen molar-refractivity contribution in [1.29, 1.82) is 0 Å². The second-order valence-corrected chi connectivity index (χ2v) is 5.15. The van der Waals surface area contributed by atoms with Crippen molar-refractivity contribution in [2.45, 2.75) is 26.3 Å². The smallest absolute Gasteiger partial charge is 0.339 e. The largest absolute Gasteiger partial charge is 0.478 e. The highest BCUT2D eigenvalue weighted by atomic mass is 35.5. The summed E-state index contributed by atoms with van der Waals surface area (Å²) in [5, 5.41) is 14.2. The lowest BCUT2D eigenvalue weighted by Gasteiger charge is -2.03. The summed E-state index contributed by atoms with van der Waals surface area (Å²) < 4.78 is 1.64. The van der Waals surface area contributed by atoms with E-state index in [1.165, 1.54) is 0 Å². The normalized spacial score (nSPS) is 10.9. The lowest BCUT2D eigenvalue weighted by Crippen LogP contribution is -2.02. The molecular formula is C14H15ClN2O2. The van der Waals surface area contributed by atoms with Crippen molar-refractivity contribution < 1.29 is 9.90 Å². The molecular weight excluding hydrogens is 264 g/mol. The van der Waals surface area contributed by atoms with E-state index in [-0.39, 0.29) is 11.5 Å². The lowest BCUT2D eigenvalue weighted by atomic mass is 10.1. The Morgan fingerprint density at radius 2 is 2.21 bits per heavy atom. The molecule has 0 saturated carbocycles. The first-order valence-corrected chi connectivity index (χ1v) is 6.40. The summed E-state index contributed by atoms with van der Waals surface area (Å²) in [5.74, 6) is -0.868. The fourth-order valence-corrected chi connectivity index (χ4v) is 2.14. The molecule has 0 spiro atoms. The van der Waals surface area contributed by atoms with Gasteiger partial charge in [0.2, 0.25) is 0 Å². The van der Waals surface area contributed by atoms with Crippen LogP contribution in [0.3, 0.4) is 0 Å². The highest BCUT2D eigenvalue weighted by Gasteiger charge is 2.17. The molecule has 0 radical (unpaired) electrons. The van der Waals surface area contributed by atoms with Crippen LogP contribution >= 0.6 is 11.6 Å². The van der Waals surface area contributed by atoms with Crippen molar-refractivity contribution in [3.05, 3.63) is 52.3 Å².